The predicted octanol–water partition coefficient (Wildman–Crippen LogP) is 4.06. The summed E-state index contributed by atoms with van der Waals surface area (Å²) in [5.41, 5.74) is 3.21. The van der Waals surface area contributed by atoms with Gasteiger partial charge in [0.25, 0.3) is 0 Å². The number of alkyl halides is 3. The number of hydrogen-bond donors (Lipinski definition) is 0. The number of aromatic nitrogens is 5. The fraction of sp³-hybridized carbons (Fsp3) is 0.583. The minimum Gasteiger partial charge on any atom is -0.449 e. The zero-order valence-electron chi connectivity index (χ0n) is 20.6. The molecule has 3 aromatic rings. The summed E-state index contributed by atoms with van der Waals surface area (Å²) in [6, 6.07) is 2.38. The van der Waals surface area contributed by atoms with E-state index in [4.69, 9.17) is 9.72 Å². The van der Waals surface area contributed by atoms with Crippen molar-refractivity contribution in [2.24, 2.45) is 0 Å². The number of aryl methyl sites for hydroxylation is 1. The molecule has 0 saturated carbocycles. The average molecular weight is 492 g/mol. The van der Waals surface area contributed by atoms with Crippen LogP contribution in [0.25, 0.3) is 5.65 Å². The van der Waals surface area contributed by atoms with Gasteiger partial charge in [0, 0.05) is 31.7 Å². The number of ether oxygens (including phenoxy) is 1. The highest BCUT2D eigenvalue weighted by atomic mass is 19.4. The van der Waals surface area contributed by atoms with Crippen molar-refractivity contribution >= 4 is 11.5 Å². The molecule has 0 spiro atoms. The molecule has 4 rings (SSSR count). The maximum atomic E-state index is 13.3. The van der Waals surface area contributed by atoms with Gasteiger partial charge in [-0.1, -0.05) is 19.4 Å². The molecular formula is C24H32F3N7O. The van der Waals surface area contributed by atoms with Gasteiger partial charge in [0.05, 0.1) is 18.1 Å². The first-order valence-corrected chi connectivity index (χ1v) is 12.0. The Kier molecular flexibility index (Phi) is 7.44. The zero-order valence-corrected chi connectivity index (χ0v) is 20.6. The highest BCUT2D eigenvalue weighted by Gasteiger charge is 2.41. The van der Waals surface area contributed by atoms with Crippen molar-refractivity contribution in [1.82, 2.24) is 29.5 Å². The molecule has 1 aliphatic heterocycles. The van der Waals surface area contributed by atoms with Crippen molar-refractivity contribution in [2.75, 3.05) is 32.1 Å². The first-order chi connectivity index (χ1) is 16.7. The maximum absolute atomic E-state index is 13.3. The lowest BCUT2D eigenvalue weighted by Gasteiger charge is -2.36. The van der Waals surface area contributed by atoms with E-state index in [2.05, 4.69) is 52.0 Å². The van der Waals surface area contributed by atoms with Gasteiger partial charge < -0.3 is 14.5 Å². The van der Waals surface area contributed by atoms with Crippen LogP contribution in [0.3, 0.4) is 0 Å². The van der Waals surface area contributed by atoms with Gasteiger partial charge in [-0.25, -0.2) is 14.5 Å². The first-order valence-electron chi connectivity index (χ1n) is 12.0. The minimum atomic E-state index is -4.49. The van der Waals surface area contributed by atoms with E-state index in [0.29, 0.717) is 30.2 Å². The van der Waals surface area contributed by atoms with E-state index in [1.807, 2.05) is 6.20 Å². The van der Waals surface area contributed by atoms with Crippen LogP contribution in [0.4, 0.5) is 19.0 Å². The van der Waals surface area contributed by atoms with E-state index >= 15 is 0 Å². The third kappa shape index (κ3) is 5.83. The molecule has 3 aromatic heterocycles. The topological polar surface area (TPSA) is 71.7 Å². The number of hydrogen-bond acceptors (Lipinski definition) is 7. The van der Waals surface area contributed by atoms with E-state index in [1.54, 1.807) is 13.1 Å². The lowest BCUT2D eigenvalue weighted by molar-refractivity contribution is -0.198. The second kappa shape index (κ2) is 10.3. The Balaban J connectivity index is 1.49. The molecule has 0 bridgehead atoms. The third-order valence-electron chi connectivity index (χ3n) is 6.46. The second-order valence-corrected chi connectivity index (χ2v) is 9.34. The molecule has 1 fully saturated rings. The molecule has 1 atom stereocenters. The Morgan fingerprint density at radius 2 is 1.86 bits per heavy atom. The van der Waals surface area contributed by atoms with Gasteiger partial charge >= 0.3 is 12.2 Å². The largest absolute Gasteiger partial charge is 0.449 e. The summed E-state index contributed by atoms with van der Waals surface area (Å²) in [4.78, 5) is 17.6. The summed E-state index contributed by atoms with van der Waals surface area (Å²) in [5.74, 6) is 0.997. The van der Waals surface area contributed by atoms with E-state index in [0.717, 1.165) is 42.9 Å². The highest BCUT2D eigenvalue weighted by Crippen LogP contribution is 2.27. The fourth-order valence-electron chi connectivity index (χ4n) is 4.54. The average Bonchev–Trinajstić information content (AvgIpc) is 3.20. The van der Waals surface area contributed by atoms with Crippen molar-refractivity contribution in [3.63, 3.8) is 0 Å². The van der Waals surface area contributed by atoms with Gasteiger partial charge in [-0.2, -0.15) is 18.2 Å². The van der Waals surface area contributed by atoms with E-state index in [9.17, 15) is 13.2 Å². The maximum Gasteiger partial charge on any atom is 0.425 e. The molecule has 4 heterocycles. The molecular weight excluding hydrogens is 459 g/mol. The number of piperidine rings is 1. The standard InChI is InChI=1S/C24H32F3N7O/c1-5-6-20(24(25,26)27)35-23-30-15-21-28-14-19(34(21)31-23)12-17-11-16(2)22(29-13-17)33-9-7-18(8-10-33)32(3)4/h11,13-15,18,20H,5-10,12H2,1-4H3/t20-/m1/s1. The minimum absolute atomic E-state index is 0.161. The van der Waals surface area contributed by atoms with Crippen LogP contribution in [-0.2, 0) is 6.42 Å². The first kappa shape index (κ1) is 25.2. The normalized spacial score (nSPS) is 16.3. The summed E-state index contributed by atoms with van der Waals surface area (Å²) >= 11 is 0. The van der Waals surface area contributed by atoms with Crippen LogP contribution < -0.4 is 9.64 Å². The molecule has 0 radical (unpaired) electrons. The van der Waals surface area contributed by atoms with Crippen molar-refractivity contribution in [1.29, 1.82) is 0 Å². The van der Waals surface area contributed by atoms with E-state index < -0.39 is 12.3 Å². The predicted molar refractivity (Wildman–Crippen MR) is 127 cm³/mol. The van der Waals surface area contributed by atoms with Gasteiger partial charge in [0.1, 0.15) is 5.82 Å². The van der Waals surface area contributed by atoms with Gasteiger partial charge in [-0.05, 0) is 51.4 Å². The summed E-state index contributed by atoms with van der Waals surface area (Å²) in [6.07, 6.45) is 1.30. The Hall–Kier alpha value is -2.95. The Labute approximate surface area is 203 Å². The van der Waals surface area contributed by atoms with Crippen molar-refractivity contribution < 1.29 is 17.9 Å². The number of anilines is 1. The number of imidazole rings is 1. The number of rotatable bonds is 8. The van der Waals surface area contributed by atoms with Gasteiger partial charge in [-0.15, -0.1) is 5.10 Å². The molecule has 0 unspecified atom stereocenters. The molecule has 0 amide bonds. The smallest absolute Gasteiger partial charge is 0.425 e. The summed E-state index contributed by atoms with van der Waals surface area (Å²) in [6.45, 7) is 5.67. The van der Waals surface area contributed by atoms with Crippen LogP contribution in [0.2, 0.25) is 0 Å². The fourth-order valence-corrected chi connectivity index (χ4v) is 4.54. The molecule has 0 aliphatic carbocycles. The molecule has 8 nitrogen and oxygen atoms in total. The van der Waals surface area contributed by atoms with Crippen LogP contribution in [0.15, 0.2) is 24.7 Å². The van der Waals surface area contributed by atoms with Crippen molar-refractivity contribution in [3.8, 4) is 6.01 Å². The lowest BCUT2D eigenvalue weighted by atomic mass is 10.0. The van der Waals surface area contributed by atoms with Crippen LogP contribution in [0, 0.1) is 6.92 Å². The SMILES string of the molecule is CCC[C@@H](Oc1ncc2ncc(Cc3cnc(N4CCC(N(C)C)CC4)c(C)c3)n2n1)C(F)(F)F. The molecule has 11 heteroatoms. The Morgan fingerprint density at radius 3 is 2.49 bits per heavy atom. The van der Waals surface area contributed by atoms with Gasteiger partial charge in [0.2, 0.25) is 0 Å². The molecule has 190 valence electrons. The monoisotopic (exact) mass is 491 g/mol. The number of fused-ring (bicyclic) bond motifs is 1. The van der Waals surface area contributed by atoms with Gasteiger partial charge in [0.15, 0.2) is 11.8 Å². The second-order valence-electron chi connectivity index (χ2n) is 9.34. The molecule has 0 aromatic carbocycles. The van der Waals surface area contributed by atoms with E-state index in [-0.39, 0.29) is 12.4 Å². The quantitative estimate of drug-likeness (QED) is 0.471. The Bertz CT molecular complexity index is 1140. The third-order valence-corrected chi connectivity index (χ3v) is 6.46. The number of pyridine rings is 1. The molecule has 35 heavy (non-hydrogen) atoms. The highest BCUT2D eigenvalue weighted by molar-refractivity contribution is 5.48. The Morgan fingerprint density at radius 1 is 1.11 bits per heavy atom. The van der Waals surface area contributed by atoms with E-state index in [1.165, 1.54) is 10.7 Å². The van der Waals surface area contributed by atoms with Gasteiger partial charge in [-0.3, -0.25) is 0 Å². The van der Waals surface area contributed by atoms with Crippen LogP contribution in [-0.4, -0.2) is 75.0 Å². The van der Waals surface area contributed by atoms with Crippen LogP contribution in [0.5, 0.6) is 6.01 Å². The molecule has 1 aliphatic rings. The summed E-state index contributed by atoms with van der Waals surface area (Å²) in [5, 5.41) is 4.19. The van der Waals surface area contributed by atoms with Crippen molar-refractivity contribution in [2.45, 2.75) is 64.3 Å². The molecule has 1 saturated heterocycles. The zero-order chi connectivity index (χ0) is 25.2. The lowest BCUT2D eigenvalue weighted by Crippen LogP contribution is -2.42. The van der Waals surface area contributed by atoms with Crippen molar-refractivity contribution in [3.05, 3.63) is 41.5 Å². The summed E-state index contributed by atoms with van der Waals surface area (Å²) < 4.78 is 46.4. The number of halogens is 3. The van der Waals surface area contributed by atoms with Crippen LogP contribution >= 0.6 is 0 Å². The number of nitrogens with zero attached hydrogens (tertiary/aromatic N) is 7. The van der Waals surface area contributed by atoms with Crippen LogP contribution in [0.1, 0.15) is 49.4 Å². The molecule has 0 N–H and O–H groups in total. The summed E-state index contributed by atoms with van der Waals surface area (Å²) in [7, 11) is 4.25.